The Morgan fingerprint density at radius 1 is 1.18 bits per heavy atom. The number of anilines is 1. The molecule has 4 N–H and O–H groups in total. The molecule has 3 heterocycles. The van der Waals surface area contributed by atoms with Gasteiger partial charge < -0.3 is 15.7 Å². The van der Waals surface area contributed by atoms with Crippen LogP contribution in [0.25, 0.3) is 0 Å². The van der Waals surface area contributed by atoms with Crippen molar-refractivity contribution in [3.63, 3.8) is 0 Å². The number of amides is 1. The molecule has 1 aromatic carbocycles. The first-order chi connectivity index (χ1) is 18.1. The molecule has 2 aliphatic carbocycles. The van der Waals surface area contributed by atoms with Gasteiger partial charge in [-0.3, -0.25) is 10.1 Å². The van der Waals surface area contributed by atoms with Crippen molar-refractivity contribution in [2.45, 2.75) is 81.3 Å². The fourth-order valence-corrected chi connectivity index (χ4v) is 8.09. The number of rotatable bonds is 4. The lowest BCUT2D eigenvalue weighted by molar-refractivity contribution is -0.125. The topological polar surface area (TPSA) is 86.3 Å². The Balaban J connectivity index is 1.51. The minimum atomic E-state index is -0.666. The number of hydrogen-bond donors (Lipinski definition) is 4. The first-order valence-electron chi connectivity index (χ1n) is 13.6. The summed E-state index contributed by atoms with van der Waals surface area (Å²) in [6, 6.07) is 6.89. The number of carbonyl (C=O) groups excluding carboxylic acids is 1. The van der Waals surface area contributed by atoms with E-state index in [0.29, 0.717) is 17.1 Å². The molecule has 4 aliphatic rings. The third-order valence-corrected chi connectivity index (χ3v) is 10.5. The van der Waals surface area contributed by atoms with Crippen LogP contribution in [0.4, 0.5) is 10.1 Å². The lowest BCUT2D eigenvalue weighted by atomic mass is 9.53. The standard InChI is InChI=1S/C29H35Cl2FN4O2/c1-27(2)6-8-28(9-7-27)29(15-34-21-13-17(30)3-4-20(21)29)22(19-5-10-33-25(31)23(19)32)24(36-28)26(38)35-18-11-16(12-18)14-37/h3-5,10,13,16,18,22,24,34,36-37H,6-9,11-12,14-15H2,1-2H3,(H,35,38)/t16?,18?,22-,24+,29+/m0/s1. The number of nitrogens with zero attached hydrogens (tertiary/aromatic N) is 1. The number of aromatic nitrogens is 1. The Labute approximate surface area is 233 Å². The van der Waals surface area contributed by atoms with Gasteiger partial charge in [-0.15, -0.1) is 0 Å². The molecule has 2 aromatic rings. The number of nitrogens with one attached hydrogen (secondary N) is 3. The van der Waals surface area contributed by atoms with Crippen LogP contribution in [-0.4, -0.2) is 46.8 Å². The van der Waals surface area contributed by atoms with Gasteiger partial charge in [-0.25, -0.2) is 9.37 Å². The molecule has 0 unspecified atom stereocenters. The van der Waals surface area contributed by atoms with Crippen LogP contribution in [-0.2, 0) is 10.2 Å². The fraction of sp³-hybridized carbons (Fsp3) is 0.586. The van der Waals surface area contributed by atoms with Gasteiger partial charge in [0.2, 0.25) is 5.91 Å². The molecule has 1 aromatic heterocycles. The zero-order chi connectivity index (χ0) is 26.9. The van der Waals surface area contributed by atoms with Gasteiger partial charge in [-0.2, -0.15) is 0 Å². The smallest absolute Gasteiger partial charge is 0.238 e. The third kappa shape index (κ3) is 3.95. The van der Waals surface area contributed by atoms with E-state index >= 15 is 4.39 Å². The second kappa shape index (κ2) is 9.33. The van der Waals surface area contributed by atoms with Crippen LogP contribution in [0, 0.1) is 17.2 Å². The van der Waals surface area contributed by atoms with Crippen molar-refractivity contribution >= 4 is 34.8 Å². The van der Waals surface area contributed by atoms with Gasteiger partial charge in [0.15, 0.2) is 11.0 Å². The van der Waals surface area contributed by atoms with Gasteiger partial charge in [-0.05, 0) is 79.2 Å². The Bertz CT molecular complexity index is 1260. The molecule has 9 heteroatoms. The Kier molecular flexibility index (Phi) is 6.45. The summed E-state index contributed by atoms with van der Waals surface area (Å²) in [4.78, 5) is 18.0. The molecular weight excluding hydrogens is 526 g/mol. The molecule has 3 atom stereocenters. The van der Waals surface area contributed by atoms with Gasteiger partial charge in [0.05, 0.1) is 6.04 Å². The SMILES string of the molecule is CC1(C)CCC2(CC1)N[C@@H](C(=O)NC1CC(CO)C1)[C@H](c1ccnc(Cl)c1F)[C@]21CNc2cc(Cl)ccc21. The normalized spacial score (nSPS) is 32.6. The fourth-order valence-electron chi connectivity index (χ4n) is 7.75. The predicted octanol–water partition coefficient (Wildman–Crippen LogP) is 5.17. The first kappa shape index (κ1) is 26.3. The number of pyridine rings is 1. The summed E-state index contributed by atoms with van der Waals surface area (Å²) in [5.74, 6) is -1.00. The molecule has 2 spiro atoms. The highest BCUT2D eigenvalue weighted by molar-refractivity contribution is 6.31. The Morgan fingerprint density at radius 3 is 2.63 bits per heavy atom. The number of carbonyl (C=O) groups is 1. The molecule has 204 valence electrons. The molecule has 1 amide bonds. The van der Waals surface area contributed by atoms with Crippen molar-refractivity contribution in [2.75, 3.05) is 18.5 Å². The molecule has 6 rings (SSSR count). The summed E-state index contributed by atoms with van der Waals surface area (Å²) in [5, 5.41) is 20.5. The van der Waals surface area contributed by atoms with Gasteiger partial charge in [0.25, 0.3) is 0 Å². The van der Waals surface area contributed by atoms with E-state index < -0.39 is 28.7 Å². The maximum absolute atomic E-state index is 15.9. The van der Waals surface area contributed by atoms with Crippen molar-refractivity contribution < 1.29 is 14.3 Å². The van der Waals surface area contributed by atoms with Crippen LogP contribution in [0.3, 0.4) is 0 Å². The lowest BCUT2D eigenvalue weighted by Crippen LogP contribution is -2.60. The lowest BCUT2D eigenvalue weighted by Gasteiger charge is -2.51. The van der Waals surface area contributed by atoms with Crippen molar-refractivity contribution in [3.8, 4) is 0 Å². The molecule has 0 bridgehead atoms. The Morgan fingerprint density at radius 2 is 1.92 bits per heavy atom. The highest BCUT2D eigenvalue weighted by atomic mass is 35.5. The first-order valence-corrected chi connectivity index (χ1v) is 14.4. The monoisotopic (exact) mass is 560 g/mol. The summed E-state index contributed by atoms with van der Waals surface area (Å²) in [6.45, 7) is 5.27. The van der Waals surface area contributed by atoms with E-state index in [1.165, 1.54) is 6.20 Å². The average molecular weight is 562 g/mol. The van der Waals surface area contributed by atoms with Crippen LogP contribution < -0.4 is 16.0 Å². The van der Waals surface area contributed by atoms with E-state index in [4.69, 9.17) is 23.2 Å². The average Bonchev–Trinajstić information content (AvgIpc) is 3.37. The van der Waals surface area contributed by atoms with Gasteiger partial charge >= 0.3 is 0 Å². The number of benzene rings is 1. The molecule has 38 heavy (non-hydrogen) atoms. The van der Waals surface area contributed by atoms with E-state index in [2.05, 4.69) is 34.8 Å². The molecule has 3 fully saturated rings. The highest BCUT2D eigenvalue weighted by Crippen LogP contribution is 2.63. The minimum absolute atomic E-state index is 0.0126. The van der Waals surface area contributed by atoms with E-state index in [1.807, 2.05) is 18.2 Å². The van der Waals surface area contributed by atoms with Crippen molar-refractivity contribution in [2.24, 2.45) is 11.3 Å². The number of aliphatic hydroxyl groups is 1. The van der Waals surface area contributed by atoms with Crippen LogP contribution in [0.1, 0.15) is 69.4 Å². The summed E-state index contributed by atoms with van der Waals surface area (Å²) in [5.41, 5.74) is 1.55. The molecule has 1 saturated heterocycles. The van der Waals surface area contributed by atoms with E-state index in [0.717, 1.165) is 49.8 Å². The summed E-state index contributed by atoms with van der Waals surface area (Å²) in [6.07, 6.45) is 6.74. The van der Waals surface area contributed by atoms with E-state index in [1.54, 1.807) is 6.07 Å². The van der Waals surface area contributed by atoms with Crippen LogP contribution >= 0.6 is 23.2 Å². The van der Waals surface area contributed by atoms with Gasteiger partial charge in [0, 0.05) is 53.0 Å². The molecule has 2 saturated carbocycles. The van der Waals surface area contributed by atoms with Crippen molar-refractivity contribution in [1.82, 2.24) is 15.6 Å². The zero-order valence-corrected chi connectivity index (χ0v) is 23.3. The predicted molar refractivity (Wildman–Crippen MR) is 147 cm³/mol. The van der Waals surface area contributed by atoms with E-state index in [-0.39, 0.29) is 35.0 Å². The number of hydrogen-bond acceptors (Lipinski definition) is 5. The number of fused-ring (bicyclic) bond motifs is 3. The van der Waals surface area contributed by atoms with Crippen LogP contribution in [0.15, 0.2) is 30.5 Å². The van der Waals surface area contributed by atoms with E-state index in [9.17, 15) is 9.90 Å². The largest absolute Gasteiger partial charge is 0.396 e. The van der Waals surface area contributed by atoms with Crippen molar-refractivity contribution in [3.05, 3.63) is 57.6 Å². The molecule has 2 aliphatic heterocycles. The highest BCUT2D eigenvalue weighted by Gasteiger charge is 2.69. The van der Waals surface area contributed by atoms with Crippen LogP contribution in [0.5, 0.6) is 0 Å². The minimum Gasteiger partial charge on any atom is -0.396 e. The second-order valence-corrected chi connectivity index (χ2v) is 13.4. The Hall–Kier alpha value is -1.93. The molecule has 6 nitrogen and oxygen atoms in total. The number of aliphatic hydroxyl groups excluding tert-OH is 1. The second-order valence-electron chi connectivity index (χ2n) is 12.6. The summed E-state index contributed by atoms with van der Waals surface area (Å²) >= 11 is 12.6. The molecule has 0 radical (unpaired) electrons. The quantitative estimate of drug-likeness (QED) is 0.387. The van der Waals surface area contributed by atoms with Gasteiger partial charge in [0.1, 0.15) is 0 Å². The maximum Gasteiger partial charge on any atom is 0.238 e. The summed E-state index contributed by atoms with van der Waals surface area (Å²) in [7, 11) is 0. The zero-order valence-electron chi connectivity index (χ0n) is 21.8. The molecular formula is C29H35Cl2FN4O2. The van der Waals surface area contributed by atoms with Crippen molar-refractivity contribution in [1.29, 1.82) is 0 Å². The van der Waals surface area contributed by atoms with Gasteiger partial charge in [-0.1, -0.05) is 43.1 Å². The summed E-state index contributed by atoms with van der Waals surface area (Å²) < 4.78 is 15.9. The number of halogens is 3. The van der Waals surface area contributed by atoms with Crippen LogP contribution in [0.2, 0.25) is 10.2 Å². The maximum atomic E-state index is 15.9. The third-order valence-electron chi connectivity index (χ3n) is 9.96.